The van der Waals surface area contributed by atoms with Gasteiger partial charge in [-0.2, -0.15) is 0 Å². The van der Waals surface area contributed by atoms with Crippen molar-refractivity contribution in [3.05, 3.63) is 41.1 Å². The first kappa shape index (κ1) is 13.1. The maximum atomic E-state index is 13.7. The Morgan fingerprint density at radius 3 is 2.94 bits per heavy atom. The largest absolute Gasteiger partial charge is 0.337 e. The Morgan fingerprint density at radius 1 is 1.44 bits per heavy atom. The zero-order chi connectivity index (χ0) is 13.1. The summed E-state index contributed by atoms with van der Waals surface area (Å²) in [6.45, 7) is 0.836. The average molecular weight is 268 g/mol. The van der Waals surface area contributed by atoms with Crippen molar-refractivity contribution in [3.63, 3.8) is 0 Å². The summed E-state index contributed by atoms with van der Waals surface area (Å²) in [5.74, 6) is 0.608. The molecule has 1 heterocycles. The van der Waals surface area contributed by atoms with Gasteiger partial charge in [0.2, 0.25) is 0 Å². The smallest absolute Gasteiger partial charge is 0.132 e. The number of likely N-dealkylation sites (N-methyl/N-ethyl adjacent to an activating group) is 1. The molecule has 0 aliphatic rings. The molecule has 2 rings (SSSR count). The third-order valence-corrected chi connectivity index (χ3v) is 3.01. The topological polar surface area (TPSA) is 29.9 Å². The van der Waals surface area contributed by atoms with E-state index in [2.05, 4.69) is 10.3 Å². The van der Waals surface area contributed by atoms with Gasteiger partial charge in [-0.1, -0.05) is 11.6 Å². The molecule has 0 amide bonds. The van der Waals surface area contributed by atoms with Crippen LogP contribution in [-0.4, -0.2) is 23.1 Å². The normalized spacial score (nSPS) is 10.9. The molecule has 1 N–H and O–H groups in total. The number of aromatic nitrogens is 2. The van der Waals surface area contributed by atoms with Crippen LogP contribution in [0, 0.1) is 5.82 Å². The summed E-state index contributed by atoms with van der Waals surface area (Å²) in [4.78, 5) is 4.44. The van der Waals surface area contributed by atoms with Crippen molar-refractivity contribution in [2.75, 3.05) is 13.6 Å². The lowest BCUT2D eigenvalue weighted by Gasteiger charge is -2.00. The predicted molar refractivity (Wildman–Crippen MR) is 71.2 cm³/mol. The van der Waals surface area contributed by atoms with Crippen LogP contribution in [0.3, 0.4) is 0 Å². The van der Waals surface area contributed by atoms with Crippen LogP contribution in [0.1, 0.15) is 5.82 Å². The second kappa shape index (κ2) is 5.50. The van der Waals surface area contributed by atoms with Crippen LogP contribution in [0.5, 0.6) is 0 Å². The average Bonchev–Trinajstić information content (AvgIpc) is 2.71. The van der Waals surface area contributed by atoms with Crippen LogP contribution in [0.4, 0.5) is 4.39 Å². The predicted octanol–water partition coefficient (Wildman–Crippen LogP) is 2.64. The molecule has 0 bridgehead atoms. The lowest BCUT2D eigenvalue weighted by Crippen LogP contribution is -2.12. The van der Waals surface area contributed by atoms with E-state index in [4.69, 9.17) is 11.6 Å². The van der Waals surface area contributed by atoms with Gasteiger partial charge in [0.25, 0.3) is 0 Å². The van der Waals surface area contributed by atoms with Crippen LogP contribution in [-0.2, 0) is 13.5 Å². The van der Waals surface area contributed by atoms with E-state index in [9.17, 15) is 4.39 Å². The fraction of sp³-hybridized carbons (Fsp3) is 0.308. The Labute approximate surface area is 111 Å². The first-order valence-corrected chi connectivity index (χ1v) is 6.12. The third-order valence-electron chi connectivity index (χ3n) is 2.78. The molecular formula is C13H15ClFN3. The molecule has 0 aliphatic carbocycles. The van der Waals surface area contributed by atoms with Gasteiger partial charge in [-0.15, -0.1) is 0 Å². The molecule has 0 aliphatic heterocycles. The molecule has 0 unspecified atom stereocenters. The lowest BCUT2D eigenvalue weighted by atomic mass is 10.1. The molecule has 0 spiro atoms. The molecule has 96 valence electrons. The minimum absolute atomic E-state index is 0.308. The monoisotopic (exact) mass is 267 g/mol. The van der Waals surface area contributed by atoms with E-state index in [0.717, 1.165) is 18.8 Å². The molecule has 0 atom stereocenters. The number of imidazole rings is 1. The Hall–Kier alpha value is -1.39. The number of rotatable bonds is 4. The van der Waals surface area contributed by atoms with Gasteiger partial charge in [-0.05, 0) is 25.2 Å². The number of hydrogen-bond acceptors (Lipinski definition) is 2. The molecule has 0 radical (unpaired) electrons. The second-order valence-corrected chi connectivity index (χ2v) is 4.57. The highest BCUT2D eigenvalue weighted by Gasteiger charge is 2.11. The van der Waals surface area contributed by atoms with E-state index < -0.39 is 0 Å². The molecular weight excluding hydrogens is 253 g/mol. The SMILES string of the molecule is CNCCc1nc(-c2cc(Cl)ccc2F)cn1C. The summed E-state index contributed by atoms with van der Waals surface area (Å²) >= 11 is 5.89. The summed E-state index contributed by atoms with van der Waals surface area (Å²) in [6.07, 6.45) is 2.62. The molecule has 0 fully saturated rings. The Morgan fingerprint density at radius 2 is 2.22 bits per heavy atom. The standard InChI is InChI=1S/C13H15ClFN3/c1-16-6-5-13-17-12(8-18(13)2)10-7-9(14)3-4-11(10)15/h3-4,7-8,16H,5-6H2,1-2H3. The van der Waals surface area contributed by atoms with Crippen molar-refractivity contribution >= 4 is 11.6 Å². The van der Waals surface area contributed by atoms with Crippen molar-refractivity contribution in [1.29, 1.82) is 0 Å². The van der Waals surface area contributed by atoms with Crippen molar-refractivity contribution in [3.8, 4) is 11.3 Å². The minimum Gasteiger partial charge on any atom is -0.337 e. The highest BCUT2D eigenvalue weighted by Crippen LogP contribution is 2.25. The lowest BCUT2D eigenvalue weighted by molar-refractivity contribution is 0.631. The van der Waals surface area contributed by atoms with Crippen LogP contribution in [0.15, 0.2) is 24.4 Å². The fourth-order valence-electron chi connectivity index (χ4n) is 1.80. The second-order valence-electron chi connectivity index (χ2n) is 4.13. The molecule has 18 heavy (non-hydrogen) atoms. The Kier molecular flexibility index (Phi) is 3.99. The van der Waals surface area contributed by atoms with E-state index >= 15 is 0 Å². The summed E-state index contributed by atoms with van der Waals surface area (Å²) < 4.78 is 15.6. The molecule has 5 heteroatoms. The van der Waals surface area contributed by atoms with Crippen molar-refractivity contribution in [2.45, 2.75) is 6.42 Å². The van der Waals surface area contributed by atoms with Crippen molar-refractivity contribution in [2.24, 2.45) is 7.05 Å². The van der Waals surface area contributed by atoms with Gasteiger partial charge < -0.3 is 9.88 Å². The van der Waals surface area contributed by atoms with E-state index in [1.54, 1.807) is 6.07 Å². The first-order chi connectivity index (χ1) is 8.61. The van der Waals surface area contributed by atoms with Gasteiger partial charge in [0, 0.05) is 36.8 Å². The molecule has 1 aromatic heterocycles. The van der Waals surface area contributed by atoms with E-state index in [1.165, 1.54) is 12.1 Å². The van der Waals surface area contributed by atoms with Gasteiger partial charge in [0.05, 0.1) is 5.69 Å². The Balaban J connectivity index is 2.36. The highest BCUT2D eigenvalue weighted by atomic mass is 35.5. The molecule has 2 aromatic rings. The van der Waals surface area contributed by atoms with Crippen LogP contribution < -0.4 is 5.32 Å². The van der Waals surface area contributed by atoms with E-state index in [0.29, 0.717) is 16.3 Å². The zero-order valence-corrected chi connectivity index (χ0v) is 11.1. The number of benzene rings is 1. The van der Waals surface area contributed by atoms with Gasteiger partial charge in [-0.3, -0.25) is 0 Å². The number of nitrogens with one attached hydrogen (secondary N) is 1. The van der Waals surface area contributed by atoms with Crippen molar-refractivity contribution < 1.29 is 4.39 Å². The van der Waals surface area contributed by atoms with Gasteiger partial charge >= 0.3 is 0 Å². The van der Waals surface area contributed by atoms with Crippen molar-refractivity contribution in [1.82, 2.24) is 14.9 Å². The van der Waals surface area contributed by atoms with Crippen LogP contribution >= 0.6 is 11.6 Å². The first-order valence-electron chi connectivity index (χ1n) is 5.74. The maximum Gasteiger partial charge on any atom is 0.132 e. The van der Waals surface area contributed by atoms with Gasteiger partial charge in [0.1, 0.15) is 11.6 Å². The maximum absolute atomic E-state index is 13.7. The fourth-order valence-corrected chi connectivity index (χ4v) is 1.97. The molecule has 3 nitrogen and oxygen atoms in total. The zero-order valence-electron chi connectivity index (χ0n) is 10.4. The van der Waals surface area contributed by atoms with E-state index in [1.807, 2.05) is 24.9 Å². The molecule has 0 saturated carbocycles. The summed E-state index contributed by atoms with van der Waals surface area (Å²) in [7, 11) is 3.80. The van der Waals surface area contributed by atoms with Gasteiger partial charge in [-0.25, -0.2) is 9.37 Å². The summed E-state index contributed by atoms with van der Waals surface area (Å²) in [5.41, 5.74) is 1.05. The number of nitrogens with zero attached hydrogens (tertiary/aromatic N) is 2. The van der Waals surface area contributed by atoms with E-state index in [-0.39, 0.29) is 5.82 Å². The van der Waals surface area contributed by atoms with Gasteiger partial charge in [0.15, 0.2) is 0 Å². The third kappa shape index (κ3) is 2.71. The highest BCUT2D eigenvalue weighted by molar-refractivity contribution is 6.30. The minimum atomic E-state index is -0.308. The van der Waals surface area contributed by atoms with Crippen LogP contribution in [0.2, 0.25) is 5.02 Å². The molecule has 1 aromatic carbocycles. The number of halogens is 2. The molecule has 0 saturated heterocycles. The number of hydrogen-bond donors (Lipinski definition) is 1. The number of aryl methyl sites for hydroxylation is 1. The summed E-state index contributed by atoms with van der Waals surface area (Å²) in [6, 6.07) is 4.49. The summed E-state index contributed by atoms with van der Waals surface area (Å²) in [5, 5.41) is 3.57. The quantitative estimate of drug-likeness (QED) is 0.923. The van der Waals surface area contributed by atoms with Crippen LogP contribution in [0.25, 0.3) is 11.3 Å². The Bertz CT molecular complexity index is 551.